The van der Waals surface area contributed by atoms with Gasteiger partial charge in [-0.15, -0.1) is 0 Å². The number of carbonyl (C=O) groups excluding carboxylic acids is 1. The molecule has 1 aliphatic heterocycles. The van der Waals surface area contributed by atoms with Gasteiger partial charge in [0.15, 0.2) is 0 Å². The molecule has 0 radical (unpaired) electrons. The molecule has 1 aromatic rings. The van der Waals surface area contributed by atoms with Gasteiger partial charge in [-0.3, -0.25) is 15.0 Å². The fourth-order valence-electron chi connectivity index (χ4n) is 2.58. The van der Waals surface area contributed by atoms with Gasteiger partial charge in [0.05, 0.1) is 30.8 Å². The van der Waals surface area contributed by atoms with E-state index in [-0.39, 0.29) is 11.3 Å². The first kappa shape index (κ1) is 17.2. The molecule has 0 amide bonds. The summed E-state index contributed by atoms with van der Waals surface area (Å²) in [6.45, 7) is 6.07. The molecular weight excluding hydrogens is 302 g/mol. The third kappa shape index (κ3) is 4.17. The van der Waals surface area contributed by atoms with Crippen LogP contribution in [-0.2, 0) is 9.47 Å². The zero-order valence-electron chi connectivity index (χ0n) is 13.3. The van der Waals surface area contributed by atoms with Crippen LogP contribution in [-0.4, -0.2) is 62.3 Å². The van der Waals surface area contributed by atoms with E-state index in [1.807, 2.05) is 0 Å². The number of hydrogen-bond acceptors (Lipinski definition) is 7. The summed E-state index contributed by atoms with van der Waals surface area (Å²) in [5.74, 6) is -0.578. The monoisotopic (exact) mass is 323 g/mol. The summed E-state index contributed by atoms with van der Waals surface area (Å²) >= 11 is 0. The maximum Gasteiger partial charge on any atom is 0.338 e. The molecule has 23 heavy (non-hydrogen) atoms. The van der Waals surface area contributed by atoms with Crippen LogP contribution in [0.25, 0.3) is 0 Å². The molecule has 0 atom stereocenters. The Hall–Kier alpha value is -2.19. The quantitative estimate of drug-likeness (QED) is 0.481. The average molecular weight is 323 g/mol. The Morgan fingerprint density at radius 3 is 2.74 bits per heavy atom. The number of ether oxygens (including phenoxy) is 2. The lowest BCUT2D eigenvalue weighted by molar-refractivity contribution is -0.384. The maximum absolute atomic E-state index is 11.7. The largest absolute Gasteiger partial charge is 0.465 e. The van der Waals surface area contributed by atoms with Gasteiger partial charge in [-0.2, -0.15) is 0 Å². The van der Waals surface area contributed by atoms with Gasteiger partial charge in [-0.1, -0.05) is 0 Å². The molecule has 8 nitrogen and oxygen atoms in total. The minimum Gasteiger partial charge on any atom is -0.465 e. The summed E-state index contributed by atoms with van der Waals surface area (Å²) in [7, 11) is 1.25. The van der Waals surface area contributed by atoms with Gasteiger partial charge in [0.1, 0.15) is 5.69 Å². The molecule has 1 heterocycles. The normalized spacial score (nSPS) is 15.2. The van der Waals surface area contributed by atoms with Crippen molar-refractivity contribution in [1.82, 2.24) is 4.90 Å². The second-order valence-electron chi connectivity index (χ2n) is 5.26. The second kappa shape index (κ2) is 7.89. The lowest BCUT2D eigenvalue weighted by Crippen LogP contribution is -2.39. The summed E-state index contributed by atoms with van der Waals surface area (Å²) in [4.78, 5) is 24.8. The Labute approximate surface area is 134 Å². The molecule has 0 unspecified atom stereocenters. The van der Waals surface area contributed by atoms with Crippen molar-refractivity contribution in [1.29, 1.82) is 0 Å². The number of nitrogens with one attached hydrogen (secondary N) is 1. The van der Waals surface area contributed by atoms with Crippen LogP contribution in [0.15, 0.2) is 12.1 Å². The van der Waals surface area contributed by atoms with Gasteiger partial charge in [0.25, 0.3) is 5.69 Å². The first-order chi connectivity index (χ1) is 11.0. The van der Waals surface area contributed by atoms with Crippen LogP contribution >= 0.6 is 0 Å². The number of hydrogen-bond donors (Lipinski definition) is 1. The molecule has 0 aromatic heterocycles. The number of methoxy groups -OCH3 is 1. The van der Waals surface area contributed by atoms with Crippen molar-refractivity contribution in [2.45, 2.75) is 6.92 Å². The predicted octanol–water partition coefficient (Wildman–Crippen LogP) is 1.43. The van der Waals surface area contributed by atoms with Gasteiger partial charge < -0.3 is 14.8 Å². The third-order valence-corrected chi connectivity index (χ3v) is 3.87. The van der Waals surface area contributed by atoms with Gasteiger partial charge in [0, 0.05) is 31.7 Å². The van der Waals surface area contributed by atoms with E-state index >= 15 is 0 Å². The Kier molecular flexibility index (Phi) is 5.89. The third-order valence-electron chi connectivity index (χ3n) is 3.87. The van der Waals surface area contributed by atoms with E-state index < -0.39 is 10.9 Å². The highest BCUT2D eigenvalue weighted by molar-refractivity contribution is 5.93. The summed E-state index contributed by atoms with van der Waals surface area (Å²) in [5, 5.41) is 14.4. The molecule has 8 heteroatoms. The number of nitro benzene ring substituents is 1. The van der Waals surface area contributed by atoms with E-state index in [4.69, 9.17) is 4.74 Å². The smallest absolute Gasteiger partial charge is 0.338 e. The molecule has 0 spiro atoms. The first-order valence-corrected chi connectivity index (χ1v) is 7.45. The topological polar surface area (TPSA) is 93.9 Å². The van der Waals surface area contributed by atoms with Crippen molar-refractivity contribution in [3.05, 3.63) is 33.4 Å². The second-order valence-corrected chi connectivity index (χ2v) is 5.26. The van der Waals surface area contributed by atoms with Crippen molar-refractivity contribution in [2.24, 2.45) is 0 Å². The Morgan fingerprint density at radius 2 is 2.13 bits per heavy atom. The average Bonchev–Trinajstić information content (AvgIpc) is 2.55. The summed E-state index contributed by atoms with van der Waals surface area (Å²) in [6, 6.07) is 3.10. The van der Waals surface area contributed by atoms with Gasteiger partial charge in [-0.05, 0) is 19.1 Å². The van der Waals surface area contributed by atoms with E-state index in [0.29, 0.717) is 31.0 Å². The molecule has 1 fully saturated rings. The van der Waals surface area contributed by atoms with Crippen LogP contribution in [0.5, 0.6) is 0 Å². The lowest BCUT2D eigenvalue weighted by atomic mass is 10.1. The van der Waals surface area contributed by atoms with E-state index in [9.17, 15) is 14.9 Å². The fourth-order valence-corrected chi connectivity index (χ4v) is 2.58. The van der Waals surface area contributed by atoms with Crippen LogP contribution in [0.2, 0.25) is 0 Å². The van der Waals surface area contributed by atoms with Crippen LogP contribution in [0.4, 0.5) is 11.4 Å². The molecule has 0 aliphatic carbocycles. The number of esters is 1. The van der Waals surface area contributed by atoms with E-state index in [1.54, 1.807) is 19.1 Å². The van der Waals surface area contributed by atoms with Crippen molar-refractivity contribution in [2.75, 3.05) is 51.8 Å². The van der Waals surface area contributed by atoms with Crippen LogP contribution in [0, 0.1) is 17.0 Å². The summed E-state index contributed by atoms with van der Waals surface area (Å²) in [5.41, 5.74) is 0.833. The number of nitrogens with zero attached hydrogens (tertiary/aromatic N) is 2. The van der Waals surface area contributed by atoms with Gasteiger partial charge in [0.2, 0.25) is 0 Å². The molecule has 1 aromatic carbocycles. The van der Waals surface area contributed by atoms with Gasteiger partial charge in [-0.25, -0.2) is 4.79 Å². The van der Waals surface area contributed by atoms with Crippen LogP contribution in [0.1, 0.15) is 15.9 Å². The molecule has 126 valence electrons. The number of morpholine rings is 1. The summed E-state index contributed by atoms with van der Waals surface area (Å²) in [6.07, 6.45) is 0. The highest BCUT2D eigenvalue weighted by Gasteiger charge is 2.23. The molecule has 0 bridgehead atoms. The van der Waals surface area contributed by atoms with Crippen molar-refractivity contribution >= 4 is 17.3 Å². The van der Waals surface area contributed by atoms with E-state index in [2.05, 4.69) is 15.0 Å². The zero-order chi connectivity index (χ0) is 16.8. The zero-order valence-corrected chi connectivity index (χ0v) is 13.3. The molecule has 2 rings (SSSR count). The first-order valence-electron chi connectivity index (χ1n) is 7.45. The minimum absolute atomic E-state index is 0.0881. The molecule has 1 N–H and O–H groups in total. The number of anilines is 1. The molecule has 1 saturated heterocycles. The van der Waals surface area contributed by atoms with Crippen molar-refractivity contribution < 1.29 is 19.2 Å². The maximum atomic E-state index is 11.7. The molecular formula is C15H21N3O5. The van der Waals surface area contributed by atoms with Crippen LogP contribution in [0.3, 0.4) is 0 Å². The van der Waals surface area contributed by atoms with Crippen molar-refractivity contribution in [3.63, 3.8) is 0 Å². The fraction of sp³-hybridized carbons (Fsp3) is 0.533. The number of nitro groups is 1. The van der Waals surface area contributed by atoms with E-state index in [1.165, 1.54) is 7.11 Å². The van der Waals surface area contributed by atoms with Gasteiger partial charge >= 0.3 is 5.97 Å². The minimum atomic E-state index is -0.578. The molecule has 1 aliphatic rings. The van der Waals surface area contributed by atoms with Crippen LogP contribution < -0.4 is 5.32 Å². The number of rotatable bonds is 6. The predicted molar refractivity (Wildman–Crippen MR) is 84.9 cm³/mol. The van der Waals surface area contributed by atoms with Crippen molar-refractivity contribution in [3.8, 4) is 0 Å². The number of benzene rings is 1. The molecule has 0 saturated carbocycles. The highest BCUT2D eigenvalue weighted by atomic mass is 16.6. The number of carbonyl (C=O) groups is 1. The Bertz CT molecular complexity index is 585. The van der Waals surface area contributed by atoms with E-state index in [0.717, 1.165) is 19.6 Å². The Morgan fingerprint density at radius 1 is 1.43 bits per heavy atom. The summed E-state index contributed by atoms with van der Waals surface area (Å²) < 4.78 is 9.93. The Balaban J connectivity index is 2.09. The lowest BCUT2D eigenvalue weighted by Gasteiger charge is -2.26. The standard InChI is InChI=1S/C15H21N3O5/c1-11-12(15(19)22-2)3-4-13(14(11)18(20)21)16-5-6-17-7-9-23-10-8-17/h3-4,16H,5-10H2,1-2H3. The SMILES string of the molecule is COC(=O)c1ccc(NCCN2CCOCC2)c([N+](=O)[O-])c1C. The highest BCUT2D eigenvalue weighted by Crippen LogP contribution is 2.31.